The second-order valence-corrected chi connectivity index (χ2v) is 7.11. The van der Waals surface area contributed by atoms with Crippen LogP contribution in [0.1, 0.15) is 48.5 Å². The van der Waals surface area contributed by atoms with Crippen molar-refractivity contribution in [2.45, 2.75) is 45.2 Å². The lowest BCUT2D eigenvalue weighted by molar-refractivity contribution is 0.0597. The third kappa shape index (κ3) is 8.00. The number of carbonyl (C=O) groups is 1. The second-order valence-electron chi connectivity index (χ2n) is 7.11. The monoisotopic (exact) mass is 518 g/mol. The number of hydrogen-bond donors (Lipinski definition) is 2. The van der Waals surface area contributed by atoms with Crippen LogP contribution in [0, 0.1) is 0 Å². The highest BCUT2D eigenvalue weighted by Gasteiger charge is 2.17. The van der Waals surface area contributed by atoms with Gasteiger partial charge in [0, 0.05) is 32.7 Å². The van der Waals surface area contributed by atoms with Gasteiger partial charge in [0.2, 0.25) is 0 Å². The lowest BCUT2D eigenvalue weighted by atomic mass is 10.0. The van der Waals surface area contributed by atoms with Crippen molar-refractivity contribution in [3.63, 3.8) is 0 Å². The van der Waals surface area contributed by atoms with Gasteiger partial charge in [0.15, 0.2) is 5.96 Å². The van der Waals surface area contributed by atoms with E-state index in [9.17, 15) is 4.79 Å². The Morgan fingerprint density at radius 3 is 2.72 bits per heavy atom. The summed E-state index contributed by atoms with van der Waals surface area (Å²) in [6.07, 6.45) is 5.07. The molecule has 1 heterocycles. The summed E-state index contributed by atoms with van der Waals surface area (Å²) in [5, 5.41) is 6.65. The first-order valence-corrected chi connectivity index (χ1v) is 10.0. The van der Waals surface area contributed by atoms with Crippen LogP contribution in [0.15, 0.2) is 23.2 Å². The van der Waals surface area contributed by atoms with Crippen LogP contribution in [0.3, 0.4) is 0 Å². The van der Waals surface area contributed by atoms with Crippen LogP contribution >= 0.6 is 24.0 Å². The Kier molecular flexibility index (Phi) is 12.0. The van der Waals surface area contributed by atoms with E-state index in [0.29, 0.717) is 23.9 Å². The largest absolute Gasteiger partial charge is 0.496 e. The van der Waals surface area contributed by atoms with E-state index in [4.69, 9.17) is 9.47 Å². The van der Waals surface area contributed by atoms with Crippen LogP contribution in [0.5, 0.6) is 5.75 Å². The molecular formula is C21H35IN4O3. The molecule has 164 valence electrons. The van der Waals surface area contributed by atoms with Crippen molar-refractivity contribution in [1.29, 1.82) is 0 Å². The maximum absolute atomic E-state index is 11.9. The number of nitrogens with one attached hydrogen (secondary N) is 2. The lowest BCUT2D eigenvalue weighted by Gasteiger charge is -2.33. The number of benzene rings is 1. The highest BCUT2D eigenvalue weighted by Crippen LogP contribution is 2.20. The molecule has 1 saturated heterocycles. The smallest absolute Gasteiger partial charge is 0.341 e. The Hall–Kier alpha value is -1.55. The summed E-state index contributed by atoms with van der Waals surface area (Å²) in [6, 6.07) is 6.18. The van der Waals surface area contributed by atoms with Gasteiger partial charge < -0.3 is 25.0 Å². The van der Waals surface area contributed by atoms with Crippen LogP contribution in [0.25, 0.3) is 0 Å². The van der Waals surface area contributed by atoms with Gasteiger partial charge in [-0.15, -0.1) is 24.0 Å². The number of methoxy groups -OCH3 is 2. The number of carbonyl (C=O) groups excluding carboxylic acids is 1. The number of hydrogen-bond acceptors (Lipinski definition) is 5. The predicted molar refractivity (Wildman–Crippen MR) is 127 cm³/mol. The Balaban J connectivity index is 0.00000420. The van der Waals surface area contributed by atoms with Crippen molar-refractivity contribution < 1.29 is 14.3 Å². The number of aliphatic imine (C=N–C) groups is 1. The number of guanidine groups is 1. The maximum Gasteiger partial charge on any atom is 0.341 e. The summed E-state index contributed by atoms with van der Waals surface area (Å²) in [5.74, 6) is 0.848. The van der Waals surface area contributed by atoms with E-state index in [1.54, 1.807) is 19.2 Å². The molecule has 1 fully saturated rings. The van der Waals surface area contributed by atoms with Gasteiger partial charge in [-0.3, -0.25) is 4.99 Å². The number of nitrogens with zero attached hydrogens (tertiary/aromatic N) is 2. The molecule has 0 amide bonds. The van der Waals surface area contributed by atoms with Crippen LogP contribution < -0.4 is 15.4 Å². The van der Waals surface area contributed by atoms with Crippen molar-refractivity contribution >= 4 is 35.9 Å². The minimum absolute atomic E-state index is 0. The second kappa shape index (κ2) is 13.6. The van der Waals surface area contributed by atoms with Crippen molar-refractivity contribution in [1.82, 2.24) is 15.5 Å². The molecule has 1 unspecified atom stereocenters. The molecule has 2 N–H and O–H groups in total. The van der Waals surface area contributed by atoms with Gasteiger partial charge in [-0.1, -0.05) is 12.5 Å². The molecule has 0 aromatic heterocycles. The summed E-state index contributed by atoms with van der Waals surface area (Å²) < 4.78 is 10.1. The van der Waals surface area contributed by atoms with E-state index in [0.717, 1.165) is 31.0 Å². The highest BCUT2D eigenvalue weighted by molar-refractivity contribution is 14.0. The first-order valence-electron chi connectivity index (χ1n) is 10.0. The fraction of sp³-hybridized carbons (Fsp3) is 0.619. The lowest BCUT2D eigenvalue weighted by Crippen LogP contribution is -2.41. The van der Waals surface area contributed by atoms with E-state index < -0.39 is 5.97 Å². The molecule has 1 aliphatic rings. The van der Waals surface area contributed by atoms with E-state index in [1.807, 2.05) is 6.07 Å². The number of ether oxygens (including phenoxy) is 2. The number of piperidine rings is 1. The predicted octanol–water partition coefficient (Wildman–Crippen LogP) is 3.03. The zero-order chi connectivity index (χ0) is 20.4. The minimum Gasteiger partial charge on any atom is -0.496 e. The van der Waals surface area contributed by atoms with Crippen LogP contribution in [-0.2, 0) is 11.3 Å². The summed E-state index contributed by atoms with van der Waals surface area (Å²) in [4.78, 5) is 18.8. The molecule has 0 radical (unpaired) electrons. The normalized spacial score (nSPS) is 17.2. The Morgan fingerprint density at radius 2 is 2.07 bits per heavy atom. The average molecular weight is 518 g/mol. The van der Waals surface area contributed by atoms with E-state index >= 15 is 0 Å². The first kappa shape index (κ1) is 25.5. The maximum atomic E-state index is 11.9. The average Bonchev–Trinajstić information content (AvgIpc) is 2.73. The topological polar surface area (TPSA) is 75.2 Å². The van der Waals surface area contributed by atoms with Crippen molar-refractivity contribution in [3.05, 3.63) is 29.3 Å². The van der Waals surface area contributed by atoms with Gasteiger partial charge in [-0.25, -0.2) is 4.79 Å². The SMILES string of the molecule is CN=C(NCCCN1CCCCC1C)NCc1ccc(OC)c(C(=O)OC)c1.I. The molecule has 8 heteroatoms. The summed E-state index contributed by atoms with van der Waals surface area (Å²) >= 11 is 0. The van der Waals surface area contributed by atoms with Crippen LogP contribution in [-0.4, -0.2) is 63.8 Å². The zero-order valence-electron chi connectivity index (χ0n) is 18.0. The first-order chi connectivity index (χ1) is 13.6. The standard InChI is InChI=1S/C21H34N4O3.HI/c1-16-8-5-6-12-25(16)13-7-11-23-21(22-2)24-15-17-9-10-19(27-3)18(14-17)20(26)28-4;/h9-10,14,16H,5-8,11-13,15H2,1-4H3,(H2,22,23,24);1H. The van der Waals surface area contributed by atoms with Crippen LogP contribution in [0.4, 0.5) is 0 Å². The van der Waals surface area contributed by atoms with Gasteiger partial charge in [0.05, 0.1) is 14.2 Å². The molecule has 7 nitrogen and oxygen atoms in total. The number of likely N-dealkylation sites (tertiary alicyclic amines) is 1. The summed E-state index contributed by atoms with van der Waals surface area (Å²) in [6.45, 7) is 6.08. The van der Waals surface area contributed by atoms with Gasteiger partial charge in [-0.2, -0.15) is 0 Å². The molecule has 1 aromatic rings. The molecule has 0 aliphatic carbocycles. The fourth-order valence-corrected chi connectivity index (χ4v) is 3.52. The molecule has 29 heavy (non-hydrogen) atoms. The quantitative estimate of drug-likeness (QED) is 0.181. The molecule has 2 rings (SSSR count). The minimum atomic E-state index is -0.409. The molecule has 0 spiro atoms. The molecule has 0 bridgehead atoms. The van der Waals surface area contributed by atoms with Gasteiger partial charge in [0.1, 0.15) is 11.3 Å². The fourth-order valence-electron chi connectivity index (χ4n) is 3.52. The van der Waals surface area contributed by atoms with Crippen LogP contribution in [0.2, 0.25) is 0 Å². The molecule has 0 saturated carbocycles. The number of halogens is 1. The third-order valence-electron chi connectivity index (χ3n) is 5.21. The Bertz CT molecular complexity index is 669. The van der Waals surface area contributed by atoms with Crippen molar-refractivity contribution in [2.24, 2.45) is 4.99 Å². The van der Waals surface area contributed by atoms with E-state index in [-0.39, 0.29) is 24.0 Å². The van der Waals surface area contributed by atoms with E-state index in [2.05, 4.69) is 27.4 Å². The van der Waals surface area contributed by atoms with Crippen molar-refractivity contribution in [2.75, 3.05) is 40.9 Å². The molecule has 1 atom stereocenters. The molecule has 1 aliphatic heterocycles. The summed E-state index contributed by atoms with van der Waals surface area (Å²) in [7, 11) is 4.66. The van der Waals surface area contributed by atoms with Gasteiger partial charge in [-0.05, 0) is 50.4 Å². The molecule has 1 aromatic carbocycles. The molecular weight excluding hydrogens is 483 g/mol. The van der Waals surface area contributed by atoms with Gasteiger partial charge >= 0.3 is 5.97 Å². The zero-order valence-corrected chi connectivity index (χ0v) is 20.3. The van der Waals surface area contributed by atoms with E-state index in [1.165, 1.54) is 40.0 Å². The number of rotatable bonds is 8. The third-order valence-corrected chi connectivity index (χ3v) is 5.21. The highest BCUT2D eigenvalue weighted by atomic mass is 127. The number of esters is 1. The Morgan fingerprint density at radius 1 is 1.28 bits per heavy atom. The van der Waals surface area contributed by atoms with Crippen molar-refractivity contribution in [3.8, 4) is 5.75 Å². The Labute approximate surface area is 191 Å². The van der Waals surface area contributed by atoms with Gasteiger partial charge in [0.25, 0.3) is 0 Å². The summed E-state index contributed by atoms with van der Waals surface area (Å²) in [5.41, 5.74) is 1.37.